The highest BCUT2D eigenvalue weighted by atomic mass is 15.2. The van der Waals surface area contributed by atoms with E-state index in [1.165, 1.54) is 19.5 Å². The fourth-order valence-electron chi connectivity index (χ4n) is 5.12. The highest BCUT2D eigenvalue weighted by Crippen LogP contribution is 2.81. The van der Waals surface area contributed by atoms with Crippen LogP contribution in [-0.2, 0) is 0 Å². The van der Waals surface area contributed by atoms with Crippen molar-refractivity contribution in [2.45, 2.75) is 46.1 Å². The molecule has 4 fully saturated rings. The summed E-state index contributed by atoms with van der Waals surface area (Å²) in [6.07, 6.45) is 4.59. The smallest absolute Gasteiger partial charge is 0.0160 e. The molecule has 0 saturated heterocycles. The van der Waals surface area contributed by atoms with Gasteiger partial charge >= 0.3 is 0 Å². The molecule has 5 atom stereocenters. The van der Waals surface area contributed by atoms with E-state index >= 15 is 0 Å². The van der Waals surface area contributed by atoms with Gasteiger partial charge in [-0.25, -0.2) is 0 Å². The summed E-state index contributed by atoms with van der Waals surface area (Å²) < 4.78 is 0. The zero-order chi connectivity index (χ0) is 9.92. The Morgan fingerprint density at radius 1 is 1.21 bits per heavy atom. The fraction of sp³-hybridized carbons (Fsp3) is 1.00. The lowest BCUT2D eigenvalue weighted by Gasteiger charge is -2.29. The molecule has 0 amide bonds. The van der Waals surface area contributed by atoms with Crippen molar-refractivity contribution in [2.24, 2.45) is 23.2 Å². The molecule has 14 heavy (non-hydrogen) atoms. The van der Waals surface area contributed by atoms with Crippen LogP contribution in [0.2, 0.25) is 0 Å². The topological polar surface area (TPSA) is 3.24 Å². The maximum absolute atomic E-state index is 2.74. The van der Waals surface area contributed by atoms with Gasteiger partial charge in [0.15, 0.2) is 0 Å². The van der Waals surface area contributed by atoms with Crippen LogP contribution < -0.4 is 0 Å². The van der Waals surface area contributed by atoms with Crippen LogP contribution in [0.25, 0.3) is 0 Å². The predicted octanol–water partition coefficient (Wildman–Crippen LogP) is 2.76. The van der Waals surface area contributed by atoms with E-state index in [4.69, 9.17) is 0 Å². The normalized spacial score (nSPS) is 53.1. The van der Waals surface area contributed by atoms with Gasteiger partial charge in [-0.1, -0.05) is 20.8 Å². The lowest BCUT2D eigenvalue weighted by Crippen LogP contribution is -2.37. The molecule has 0 aromatic carbocycles. The molecule has 0 radical (unpaired) electrons. The van der Waals surface area contributed by atoms with Crippen LogP contribution in [0.1, 0.15) is 40.0 Å². The van der Waals surface area contributed by atoms with Crippen LogP contribution in [-0.4, -0.2) is 24.0 Å². The van der Waals surface area contributed by atoms with Gasteiger partial charge in [0.1, 0.15) is 0 Å². The van der Waals surface area contributed by atoms with E-state index in [0.717, 1.165) is 29.2 Å². The fourth-order valence-corrected chi connectivity index (χ4v) is 5.12. The van der Waals surface area contributed by atoms with Gasteiger partial charge in [0.2, 0.25) is 0 Å². The molecule has 4 saturated carbocycles. The summed E-state index contributed by atoms with van der Waals surface area (Å²) in [5, 5.41) is 0. The first-order valence-corrected chi connectivity index (χ1v) is 6.52. The third kappa shape index (κ3) is 0.816. The summed E-state index contributed by atoms with van der Waals surface area (Å²) >= 11 is 0. The molecule has 1 heteroatoms. The molecule has 0 heterocycles. The van der Waals surface area contributed by atoms with Crippen molar-refractivity contribution in [3.63, 3.8) is 0 Å². The summed E-state index contributed by atoms with van der Waals surface area (Å²) in [5.74, 6) is 3.32. The first-order valence-electron chi connectivity index (χ1n) is 6.52. The predicted molar refractivity (Wildman–Crippen MR) is 59.1 cm³/mol. The van der Waals surface area contributed by atoms with Crippen LogP contribution >= 0.6 is 0 Å². The van der Waals surface area contributed by atoms with Gasteiger partial charge in [-0.15, -0.1) is 0 Å². The molecule has 0 N–H and O–H groups in total. The van der Waals surface area contributed by atoms with Gasteiger partial charge in [0.25, 0.3) is 0 Å². The molecular formula is C13H23N. The molecule has 4 bridgehead atoms. The first kappa shape index (κ1) is 9.21. The Balaban J connectivity index is 1.81. The SMILES string of the molecule is CCN(CC)C1C2CC3C1C3(CC)C2. The maximum Gasteiger partial charge on any atom is 0.0160 e. The standard InChI is InChI=1S/C13H23N/c1-4-13-8-9-7-10(13)11(13)12(9)14(5-2)6-3/h9-12H,4-8H2,1-3H3. The monoisotopic (exact) mass is 193 g/mol. The Kier molecular flexibility index (Phi) is 1.81. The zero-order valence-electron chi connectivity index (χ0n) is 9.79. The summed E-state index contributed by atoms with van der Waals surface area (Å²) in [7, 11) is 0. The third-order valence-corrected chi connectivity index (χ3v) is 5.67. The van der Waals surface area contributed by atoms with Crippen molar-refractivity contribution in [1.29, 1.82) is 0 Å². The minimum atomic E-state index is 0.845. The molecule has 0 aromatic rings. The minimum absolute atomic E-state index is 0.845. The Morgan fingerprint density at radius 2 is 1.93 bits per heavy atom. The van der Waals surface area contributed by atoms with E-state index in [9.17, 15) is 0 Å². The second kappa shape index (κ2) is 2.75. The number of hydrogen-bond donors (Lipinski definition) is 0. The van der Waals surface area contributed by atoms with Crippen LogP contribution in [0, 0.1) is 23.2 Å². The third-order valence-electron chi connectivity index (χ3n) is 5.67. The van der Waals surface area contributed by atoms with Crippen molar-refractivity contribution in [3.05, 3.63) is 0 Å². The van der Waals surface area contributed by atoms with Crippen molar-refractivity contribution < 1.29 is 0 Å². The Labute approximate surface area is 87.9 Å². The first-order chi connectivity index (χ1) is 6.78. The molecule has 1 nitrogen and oxygen atoms in total. The van der Waals surface area contributed by atoms with Crippen molar-refractivity contribution in [2.75, 3.05) is 13.1 Å². The van der Waals surface area contributed by atoms with E-state index in [1.807, 2.05) is 0 Å². The van der Waals surface area contributed by atoms with E-state index in [-0.39, 0.29) is 0 Å². The second-order valence-corrected chi connectivity index (χ2v) is 5.63. The molecule has 0 spiro atoms. The number of rotatable bonds is 4. The van der Waals surface area contributed by atoms with Crippen LogP contribution in [0.5, 0.6) is 0 Å². The highest BCUT2D eigenvalue weighted by molar-refractivity contribution is 5.27. The average Bonchev–Trinajstić information content (AvgIpc) is 2.65. The second-order valence-electron chi connectivity index (χ2n) is 5.63. The number of hydrogen-bond acceptors (Lipinski definition) is 1. The van der Waals surface area contributed by atoms with E-state index in [0.29, 0.717) is 0 Å². The van der Waals surface area contributed by atoms with Crippen LogP contribution in [0.3, 0.4) is 0 Å². The van der Waals surface area contributed by atoms with Crippen molar-refractivity contribution >= 4 is 0 Å². The summed E-state index contributed by atoms with van der Waals surface area (Å²) in [4.78, 5) is 2.74. The summed E-state index contributed by atoms with van der Waals surface area (Å²) in [6.45, 7) is 9.60. The Hall–Kier alpha value is -0.0400. The molecule has 0 aliphatic heterocycles. The van der Waals surface area contributed by atoms with Gasteiger partial charge < -0.3 is 4.90 Å². The Morgan fingerprint density at radius 3 is 2.36 bits per heavy atom. The minimum Gasteiger partial charge on any atom is -0.300 e. The van der Waals surface area contributed by atoms with Crippen LogP contribution in [0.4, 0.5) is 0 Å². The molecule has 0 aromatic heterocycles. The van der Waals surface area contributed by atoms with E-state index in [1.54, 1.807) is 12.8 Å². The molecule has 4 aliphatic carbocycles. The summed E-state index contributed by atoms with van der Waals surface area (Å²) in [6, 6.07) is 0.981. The molecular weight excluding hydrogens is 170 g/mol. The molecule has 4 rings (SSSR count). The van der Waals surface area contributed by atoms with E-state index in [2.05, 4.69) is 25.7 Å². The number of nitrogens with zero attached hydrogens (tertiary/aromatic N) is 1. The largest absolute Gasteiger partial charge is 0.300 e. The van der Waals surface area contributed by atoms with Gasteiger partial charge in [-0.2, -0.15) is 0 Å². The Bertz CT molecular complexity index is 246. The molecule has 80 valence electrons. The van der Waals surface area contributed by atoms with Gasteiger partial charge in [0, 0.05) is 6.04 Å². The average molecular weight is 193 g/mol. The zero-order valence-corrected chi connectivity index (χ0v) is 9.79. The van der Waals surface area contributed by atoms with Crippen molar-refractivity contribution in [1.82, 2.24) is 4.90 Å². The molecule has 4 aliphatic rings. The summed E-state index contributed by atoms with van der Waals surface area (Å²) in [5.41, 5.74) is 0.845. The van der Waals surface area contributed by atoms with Crippen molar-refractivity contribution in [3.8, 4) is 0 Å². The van der Waals surface area contributed by atoms with Crippen LogP contribution in [0.15, 0.2) is 0 Å². The lowest BCUT2D eigenvalue weighted by molar-refractivity contribution is 0.177. The maximum atomic E-state index is 2.74. The lowest BCUT2D eigenvalue weighted by atomic mass is 10.0. The quantitative estimate of drug-likeness (QED) is 0.663. The van der Waals surface area contributed by atoms with Gasteiger partial charge in [0.05, 0.1) is 0 Å². The van der Waals surface area contributed by atoms with E-state index < -0.39 is 0 Å². The molecule has 5 unspecified atom stereocenters. The van der Waals surface area contributed by atoms with Gasteiger partial charge in [-0.05, 0) is 55.5 Å². The van der Waals surface area contributed by atoms with Gasteiger partial charge in [-0.3, -0.25) is 0 Å². The highest BCUT2D eigenvalue weighted by Gasteiger charge is 2.77.